The molecule has 1 aromatic carbocycles. The van der Waals surface area contributed by atoms with E-state index in [9.17, 15) is 22.8 Å². The molecular formula is C17H19F3N2O3. The number of nitrogens with one attached hydrogen (secondary N) is 1. The predicted octanol–water partition coefficient (Wildman–Crippen LogP) is 3.22. The maximum absolute atomic E-state index is 13.0. The van der Waals surface area contributed by atoms with E-state index in [4.69, 9.17) is 4.74 Å². The van der Waals surface area contributed by atoms with E-state index in [0.29, 0.717) is 25.9 Å². The monoisotopic (exact) mass is 356 g/mol. The van der Waals surface area contributed by atoms with Crippen molar-refractivity contribution in [3.63, 3.8) is 0 Å². The summed E-state index contributed by atoms with van der Waals surface area (Å²) in [4.78, 5) is 25.4. The normalized spacial score (nSPS) is 15.6. The van der Waals surface area contributed by atoms with E-state index in [-0.39, 0.29) is 12.6 Å². The average Bonchev–Trinajstić information content (AvgIpc) is 2.59. The van der Waals surface area contributed by atoms with E-state index in [1.807, 2.05) is 0 Å². The summed E-state index contributed by atoms with van der Waals surface area (Å²) in [5.74, 6) is -0.763. The number of likely N-dealkylation sites (tertiary alicyclic amines) is 1. The molecule has 25 heavy (non-hydrogen) atoms. The van der Waals surface area contributed by atoms with E-state index >= 15 is 0 Å². The second-order valence-electron chi connectivity index (χ2n) is 5.64. The number of nitrogens with zero attached hydrogens (tertiary/aromatic N) is 1. The lowest BCUT2D eigenvalue weighted by Crippen LogP contribution is -2.47. The smallest absolute Gasteiger partial charge is 0.417 e. The molecule has 1 aromatic rings. The molecule has 1 saturated heterocycles. The molecule has 1 fully saturated rings. The van der Waals surface area contributed by atoms with E-state index in [1.165, 1.54) is 23.1 Å². The minimum absolute atomic E-state index is 0.115. The van der Waals surface area contributed by atoms with Crippen molar-refractivity contribution < 1.29 is 27.5 Å². The molecule has 136 valence electrons. The summed E-state index contributed by atoms with van der Waals surface area (Å²) in [6.07, 6.45) is -2.70. The maximum Gasteiger partial charge on any atom is 0.417 e. The SMILES string of the molecule is C=CCOC(=O)N1CCC(NC(=O)c2ccccc2C(F)(F)F)CC1. The van der Waals surface area contributed by atoms with E-state index in [0.717, 1.165) is 12.1 Å². The Morgan fingerprint density at radius 2 is 1.92 bits per heavy atom. The van der Waals surface area contributed by atoms with Crippen molar-refractivity contribution in [3.05, 3.63) is 48.0 Å². The highest BCUT2D eigenvalue weighted by Gasteiger charge is 2.35. The molecule has 1 aliphatic heterocycles. The molecule has 0 saturated carbocycles. The number of ether oxygens (including phenoxy) is 1. The third kappa shape index (κ3) is 4.98. The van der Waals surface area contributed by atoms with Crippen LogP contribution in [0.15, 0.2) is 36.9 Å². The van der Waals surface area contributed by atoms with Crippen LogP contribution < -0.4 is 5.32 Å². The summed E-state index contributed by atoms with van der Waals surface area (Å²) in [5.41, 5.74) is -1.36. The number of piperidine rings is 1. The molecule has 2 amide bonds. The van der Waals surface area contributed by atoms with Gasteiger partial charge in [-0.15, -0.1) is 0 Å². The highest BCUT2D eigenvalue weighted by Crippen LogP contribution is 2.31. The Bertz CT molecular complexity index is 638. The minimum Gasteiger partial charge on any atom is -0.445 e. The van der Waals surface area contributed by atoms with Crippen LogP contribution in [0.25, 0.3) is 0 Å². The molecule has 0 atom stereocenters. The van der Waals surface area contributed by atoms with Crippen LogP contribution in [-0.2, 0) is 10.9 Å². The van der Waals surface area contributed by atoms with Gasteiger partial charge in [-0.05, 0) is 25.0 Å². The Morgan fingerprint density at radius 1 is 1.28 bits per heavy atom. The first-order valence-electron chi connectivity index (χ1n) is 7.82. The fourth-order valence-electron chi connectivity index (χ4n) is 2.62. The van der Waals surface area contributed by atoms with Crippen LogP contribution in [0.1, 0.15) is 28.8 Å². The number of hydrogen-bond donors (Lipinski definition) is 1. The lowest BCUT2D eigenvalue weighted by atomic mass is 10.0. The Labute approximate surface area is 143 Å². The topological polar surface area (TPSA) is 58.6 Å². The largest absolute Gasteiger partial charge is 0.445 e. The number of amides is 2. The number of rotatable bonds is 4. The molecule has 1 aliphatic rings. The molecule has 1 heterocycles. The van der Waals surface area contributed by atoms with Crippen LogP contribution >= 0.6 is 0 Å². The lowest BCUT2D eigenvalue weighted by molar-refractivity contribution is -0.137. The molecule has 0 spiro atoms. The zero-order valence-corrected chi connectivity index (χ0v) is 13.5. The summed E-state index contributed by atoms with van der Waals surface area (Å²) in [7, 11) is 0. The molecule has 5 nitrogen and oxygen atoms in total. The van der Waals surface area contributed by atoms with Gasteiger partial charge in [0.05, 0.1) is 11.1 Å². The van der Waals surface area contributed by atoms with Gasteiger partial charge in [-0.25, -0.2) is 4.79 Å². The fourth-order valence-corrected chi connectivity index (χ4v) is 2.62. The molecule has 1 N–H and O–H groups in total. The van der Waals surface area contributed by atoms with Crippen molar-refractivity contribution in [2.75, 3.05) is 19.7 Å². The van der Waals surface area contributed by atoms with Crippen LogP contribution in [0.5, 0.6) is 0 Å². The van der Waals surface area contributed by atoms with E-state index < -0.39 is 29.3 Å². The number of benzene rings is 1. The van der Waals surface area contributed by atoms with Gasteiger partial charge in [0.25, 0.3) is 5.91 Å². The van der Waals surface area contributed by atoms with Crippen LogP contribution in [0.4, 0.5) is 18.0 Å². The fraction of sp³-hybridized carbons (Fsp3) is 0.412. The van der Waals surface area contributed by atoms with Crippen molar-refractivity contribution in [2.24, 2.45) is 0 Å². The molecule has 8 heteroatoms. The lowest BCUT2D eigenvalue weighted by Gasteiger charge is -2.31. The molecule has 2 rings (SSSR count). The average molecular weight is 356 g/mol. The van der Waals surface area contributed by atoms with Crippen LogP contribution in [0.2, 0.25) is 0 Å². The summed E-state index contributed by atoms with van der Waals surface area (Å²) < 4.78 is 43.9. The van der Waals surface area contributed by atoms with Crippen LogP contribution in [0, 0.1) is 0 Å². The van der Waals surface area contributed by atoms with Crippen LogP contribution in [0.3, 0.4) is 0 Å². The van der Waals surface area contributed by atoms with Gasteiger partial charge in [-0.1, -0.05) is 24.8 Å². The van der Waals surface area contributed by atoms with Gasteiger partial charge in [0.2, 0.25) is 0 Å². The minimum atomic E-state index is -4.59. The van der Waals surface area contributed by atoms with Gasteiger partial charge in [0, 0.05) is 19.1 Å². The van der Waals surface area contributed by atoms with Crippen molar-refractivity contribution >= 4 is 12.0 Å². The van der Waals surface area contributed by atoms with Gasteiger partial charge >= 0.3 is 12.3 Å². The zero-order valence-electron chi connectivity index (χ0n) is 13.5. The number of halogens is 3. The van der Waals surface area contributed by atoms with E-state index in [2.05, 4.69) is 11.9 Å². The first kappa shape index (κ1) is 18.8. The molecular weight excluding hydrogens is 337 g/mol. The summed E-state index contributed by atoms with van der Waals surface area (Å²) in [5, 5.41) is 2.62. The molecule has 0 aliphatic carbocycles. The van der Waals surface area contributed by atoms with Crippen molar-refractivity contribution in [2.45, 2.75) is 25.1 Å². The first-order chi connectivity index (χ1) is 11.8. The molecule has 0 bridgehead atoms. The highest BCUT2D eigenvalue weighted by atomic mass is 19.4. The zero-order chi connectivity index (χ0) is 18.4. The Hall–Kier alpha value is -2.51. The van der Waals surface area contributed by atoms with E-state index in [1.54, 1.807) is 0 Å². The van der Waals surface area contributed by atoms with Crippen LogP contribution in [-0.4, -0.2) is 42.6 Å². The van der Waals surface area contributed by atoms with Gasteiger partial charge < -0.3 is 15.0 Å². The third-order valence-corrected chi connectivity index (χ3v) is 3.89. The van der Waals surface area contributed by atoms with Gasteiger partial charge in [0.1, 0.15) is 6.61 Å². The third-order valence-electron chi connectivity index (χ3n) is 3.89. The van der Waals surface area contributed by atoms with Crippen molar-refractivity contribution in [3.8, 4) is 0 Å². The Balaban J connectivity index is 1.93. The number of hydrogen-bond acceptors (Lipinski definition) is 3. The standard InChI is InChI=1S/C17H19F3N2O3/c1-2-11-25-16(24)22-9-7-12(8-10-22)21-15(23)13-5-3-4-6-14(13)17(18,19)20/h2-6,12H,1,7-11H2,(H,21,23). The number of alkyl halides is 3. The molecule has 0 unspecified atom stereocenters. The first-order valence-corrected chi connectivity index (χ1v) is 7.82. The maximum atomic E-state index is 13.0. The number of carbonyl (C=O) groups excluding carboxylic acids is 2. The Morgan fingerprint density at radius 3 is 2.52 bits per heavy atom. The predicted molar refractivity (Wildman–Crippen MR) is 85.1 cm³/mol. The molecule has 0 aromatic heterocycles. The molecule has 0 radical (unpaired) electrons. The highest BCUT2D eigenvalue weighted by molar-refractivity contribution is 5.96. The summed E-state index contributed by atoms with van der Waals surface area (Å²) >= 11 is 0. The second-order valence-corrected chi connectivity index (χ2v) is 5.64. The van der Waals surface area contributed by atoms with Crippen molar-refractivity contribution in [1.82, 2.24) is 10.2 Å². The van der Waals surface area contributed by atoms with Gasteiger partial charge in [0.15, 0.2) is 0 Å². The van der Waals surface area contributed by atoms with Gasteiger partial charge in [-0.3, -0.25) is 4.79 Å². The van der Waals surface area contributed by atoms with Gasteiger partial charge in [-0.2, -0.15) is 13.2 Å². The summed E-state index contributed by atoms with van der Waals surface area (Å²) in [6, 6.07) is 4.37. The second kappa shape index (κ2) is 8.04. The van der Waals surface area contributed by atoms with Crippen molar-refractivity contribution in [1.29, 1.82) is 0 Å². The summed E-state index contributed by atoms with van der Waals surface area (Å²) in [6.45, 7) is 4.29. The quantitative estimate of drug-likeness (QED) is 0.843. The number of carbonyl (C=O) groups is 2. The Kier molecular flexibility index (Phi) is 6.06.